The molecule has 5 rings (SSSR count). The molecule has 1 unspecified atom stereocenters. The summed E-state index contributed by atoms with van der Waals surface area (Å²) in [7, 11) is -3.28. The van der Waals surface area contributed by atoms with Gasteiger partial charge >= 0.3 is 6.16 Å². The summed E-state index contributed by atoms with van der Waals surface area (Å²) in [5.41, 5.74) is -3.67. The number of aliphatic hydroxyl groups excluding tert-OH is 1. The molecular formula is C29H32ClFO9S. The molecule has 12 heteroatoms. The number of fused-ring (bicyclic) bond motifs is 5. The van der Waals surface area contributed by atoms with Gasteiger partial charge in [-0.1, -0.05) is 31.5 Å². The summed E-state index contributed by atoms with van der Waals surface area (Å²) < 4.78 is 56.8. The Balaban J connectivity index is 1.49. The van der Waals surface area contributed by atoms with Crippen LogP contribution in [-0.4, -0.2) is 62.8 Å². The molecule has 0 radical (unpaired) electrons. The van der Waals surface area contributed by atoms with Crippen molar-refractivity contribution in [3.63, 3.8) is 0 Å². The maximum absolute atomic E-state index is 15.7. The van der Waals surface area contributed by atoms with Crippen LogP contribution in [-0.2, 0) is 33.4 Å². The van der Waals surface area contributed by atoms with Crippen molar-refractivity contribution >= 4 is 39.4 Å². The molecule has 0 bridgehead atoms. The molecule has 1 aromatic rings. The van der Waals surface area contributed by atoms with E-state index in [1.807, 2.05) is 6.92 Å². The third-order valence-electron chi connectivity index (χ3n) is 9.92. The fourth-order valence-electron chi connectivity index (χ4n) is 8.11. The van der Waals surface area contributed by atoms with E-state index >= 15 is 4.39 Å². The zero-order valence-corrected chi connectivity index (χ0v) is 24.4. The average Bonchev–Trinajstić information content (AvgIpc) is 3.20. The molecule has 1 aromatic carbocycles. The van der Waals surface area contributed by atoms with Crippen molar-refractivity contribution in [2.24, 2.45) is 28.6 Å². The van der Waals surface area contributed by atoms with Crippen LogP contribution >= 0.6 is 11.6 Å². The summed E-state index contributed by atoms with van der Waals surface area (Å²) in [6.07, 6.45) is 1.11. The van der Waals surface area contributed by atoms with E-state index in [0.717, 1.165) is 7.11 Å². The SMILES string of the molecule is COC(=O)O[C@]1(C(=O)COS(=O)(=O)c2ccc(Cl)cc2)CC[C@H]2[C@@H]3C[C@H](F)C4=CC(=O)C=C[C@]4(C)[C@H]3C(O)C[C@@]21C. The fourth-order valence-corrected chi connectivity index (χ4v) is 9.10. The largest absolute Gasteiger partial charge is 0.509 e. The zero-order chi connectivity index (χ0) is 30.0. The minimum atomic E-state index is -4.37. The van der Waals surface area contributed by atoms with Crippen LogP contribution in [0, 0.1) is 28.6 Å². The Morgan fingerprint density at radius 3 is 2.54 bits per heavy atom. The predicted octanol–water partition coefficient (Wildman–Crippen LogP) is 4.36. The number of Topliss-reactive ketones (excluding diaryl/α,β-unsaturated/α-hetero) is 1. The van der Waals surface area contributed by atoms with E-state index in [-0.39, 0.29) is 35.9 Å². The molecule has 8 atom stereocenters. The Morgan fingerprint density at radius 2 is 1.88 bits per heavy atom. The number of benzene rings is 1. The molecule has 41 heavy (non-hydrogen) atoms. The molecule has 3 saturated carbocycles. The van der Waals surface area contributed by atoms with Crippen molar-refractivity contribution in [1.29, 1.82) is 0 Å². The minimum absolute atomic E-state index is 0.00702. The molecule has 4 aliphatic rings. The highest BCUT2D eigenvalue weighted by Crippen LogP contribution is 2.68. The number of alkyl halides is 1. The van der Waals surface area contributed by atoms with Gasteiger partial charge in [0, 0.05) is 21.8 Å². The van der Waals surface area contributed by atoms with Gasteiger partial charge in [0.05, 0.1) is 18.1 Å². The Labute approximate surface area is 242 Å². The van der Waals surface area contributed by atoms with Gasteiger partial charge < -0.3 is 14.6 Å². The molecule has 0 heterocycles. The van der Waals surface area contributed by atoms with Crippen LogP contribution in [0.25, 0.3) is 0 Å². The highest BCUT2D eigenvalue weighted by atomic mass is 35.5. The van der Waals surface area contributed by atoms with Crippen molar-refractivity contribution in [2.45, 2.75) is 62.3 Å². The van der Waals surface area contributed by atoms with E-state index in [4.69, 9.17) is 25.3 Å². The predicted molar refractivity (Wildman–Crippen MR) is 144 cm³/mol. The number of aliphatic hydroxyl groups is 1. The topological polar surface area (TPSA) is 133 Å². The molecule has 0 saturated heterocycles. The standard InChI is InChI=1S/C29H32ClFO9S/c1-27-10-8-17(32)12-21(27)22(31)13-19-20-9-11-29(40-26(35)38-3,28(20,2)14-23(33)25(19)27)24(34)15-39-41(36,37)18-6-4-16(30)5-7-18/h4-8,10,12,19-20,22-23,25,33H,9,11,13-15H2,1-3H3/t19-,20-,22-,23?,25+,27-,28-,29-/m0/s1. The average molecular weight is 611 g/mol. The van der Waals surface area contributed by atoms with Crippen LogP contribution in [0.5, 0.6) is 0 Å². The van der Waals surface area contributed by atoms with E-state index in [1.165, 1.54) is 36.4 Å². The van der Waals surface area contributed by atoms with Gasteiger partial charge in [0.1, 0.15) is 12.8 Å². The molecule has 0 amide bonds. The van der Waals surface area contributed by atoms with Crippen LogP contribution in [0.2, 0.25) is 5.02 Å². The second-order valence-electron chi connectivity index (χ2n) is 11.8. The number of allylic oxidation sites excluding steroid dienone is 4. The monoisotopic (exact) mass is 610 g/mol. The second-order valence-corrected chi connectivity index (χ2v) is 13.9. The third-order valence-corrected chi connectivity index (χ3v) is 11.4. The lowest BCUT2D eigenvalue weighted by molar-refractivity contribution is -0.184. The molecule has 9 nitrogen and oxygen atoms in total. The zero-order valence-electron chi connectivity index (χ0n) is 22.8. The lowest BCUT2D eigenvalue weighted by atomic mass is 9.46. The normalized spacial score (nSPS) is 37.9. The Morgan fingerprint density at radius 1 is 1.20 bits per heavy atom. The number of hydrogen-bond acceptors (Lipinski definition) is 9. The molecular weight excluding hydrogens is 579 g/mol. The lowest BCUT2D eigenvalue weighted by Crippen LogP contribution is -2.64. The number of halogens is 2. The quantitative estimate of drug-likeness (QED) is 0.368. The first-order chi connectivity index (χ1) is 19.2. The first-order valence-corrected chi connectivity index (χ1v) is 15.2. The maximum atomic E-state index is 15.7. The number of ketones is 2. The van der Waals surface area contributed by atoms with Gasteiger partial charge in [0.15, 0.2) is 11.4 Å². The number of carbonyl (C=O) groups excluding carboxylic acids is 3. The van der Waals surface area contributed by atoms with Crippen LogP contribution in [0.4, 0.5) is 9.18 Å². The molecule has 4 aliphatic carbocycles. The van der Waals surface area contributed by atoms with Gasteiger partial charge in [-0.3, -0.25) is 13.8 Å². The highest BCUT2D eigenvalue weighted by Gasteiger charge is 2.71. The molecule has 0 aliphatic heterocycles. The van der Waals surface area contributed by atoms with Crippen molar-refractivity contribution in [1.82, 2.24) is 0 Å². The molecule has 0 aromatic heterocycles. The number of rotatable bonds is 6. The summed E-state index contributed by atoms with van der Waals surface area (Å²) >= 11 is 5.84. The van der Waals surface area contributed by atoms with Gasteiger partial charge in [-0.2, -0.15) is 8.42 Å². The Kier molecular flexibility index (Phi) is 7.50. The van der Waals surface area contributed by atoms with E-state index in [9.17, 15) is 27.9 Å². The molecule has 0 spiro atoms. The van der Waals surface area contributed by atoms with E-state index in [1.54, 1.807) is 13.0 Å². The first-order valence-electron chi connectivity index (χ1n) is 13.4. The van der Waals surface area contributed by atoms with Crippen molar-refractivity contribution < 1.29 is 46.0 Å². The first kappa shape index (κ1) is 29.9. The Hall–Kier alpha value is -2.60. The van der Waals surface area contributed by atoms with Gasteiger partial charge in [-0.05, 0) is 79.5 Å². The van der Waals surface area contributed by atoms with Crippen LogP contribution in [0.1, 0.15) is 39.5 Å². The van der Waals surface area contributed by atoms with Gasteiger partial charge in [0.2, 0.25) is 5.78 Å². The Bertz CT molecular complexity index is 1440. The summed E-state index contributed by atoms with van der Waals surface area (Å²) in [5, 5.41) is 11.9. The van der Waals surface area contributed by atoms with E-state index in [0.29, 0.717) is 17.0 Å². The number of hydrogen-bond donors (Lipinski definition) is 1. The number of ether oxygens (including phenoxy) is 2. The smallest absolute Gasteiger partial charge is 0.438 e. The lowest BCUT2D eigenvalue weighted by Gasteiger charge is -2.60. The third kappa shape index (κ3) is 4.65. The second kappa shape index (κ2) is 10.3. The summed E-state index contributed by atoms with van der Waals surface area (Å²) in [4.78, 5) is 38.3. The fraction of sp³-hybridized carbons (Fsp3) is 0.552. The summed E-state index contributed by atoms with van der Waals surface area (Å²) in [5.74, 6) is -2.36. The van der Waals surface area contributed by atoms with Crippen molar-refractivity contribution in [3.05, 3.63) is 53.1 Å². The molecule has 222 valence electrons. The minimum Gasteiger partial charge on any atom is -0.438 e. The van der Waals surface area contributed by atoms with E-state index in [2.05, 4.69) is 0 Å². The van der Waals surface area contributed by atoms with Gasteiger partial charge in [-0.25, -0.2) is 9.18 Å². The summed E-state index contributed by atoms with van der Waals surface area (Å²) in [6, 6.07) is 5.20. The van der Waals surface area contributed by atoms with Gasteiger partial charge in [-0.15, -0.1) is 0 Å². The molecule has 3 fully saturated rings. The van der Waals surface area contributed by atoms with Crippen LogP contribution in [0.15, 0.2) is 53.0 Å². The maximum Gasteiger partial charge on any atom is 0.509 e. The van der Waals surface area contributed by atoms with Crippen molar-refractivity contribution in [3.8, 4) is 0 Å². The van der Waals surface area contributed by atoms with Gasteiger partial charge in [0.25, 0.3) is 10.1 Å². The molecule has 1 N–H and O–H groups in total. The van der Waals surface area contributed by atoms with Crippen LogP contribution < -0.4 is 0 Å². The number of carbonyl (C=O) groups is 3. The summed E-state index contributed by atoms with van der Waals surface area (Å²) in [6.45, 7) is 2.58. The van der Waals surface area contributed by atoms with Crippen LogP contribution in [0.3, 0.4) is 0 Å². The highest BCUT2D eigenvalue weighted by molar-refractivity contribution is 7.86. The number of methoxy groups -OCH3 is 1. The van der Waals surface area contributed by atoms with Crippen molar-refractivity contribution in [2.75, 3.05) is 13.7 Å². The van der Waals surface area contributed by atoms with E-state index < -0.39 is 69.2 Å².